The Kier molecular flexibility index (Phi) is 4.28. The summed E-state index contributed by atoms with van der Waals surface area (Å²) in [5.74, 6) is 0.337. The van der Waals surface area contributed by atoms with Crippen LogP contribution in [0.15, 0.2) is 16.7 Å². The average molecular weight is 361 g/mol. The van der Waals surface area contributed by atoms with Crippen LogP contribution in [0, 0.1) is 6.92 Å². The van der Waals surface area contributed by atoms with Gasteiger partial charge in [0.25, 0.3) is 10.0 Å². The highest BCUT2D eigenvalue weighted by Gasteiger charge is 2.34. The van der Waals surface area contributed by atoms with Crippen LogP contribution >= 0.6 is 22.9 Å². The first-order chi connectivity index (χ1) is 10.4. The van der Waals surface area contributed by atoms with Crippen LogP contribution in [0.4, 0.5) is 0 Å². The molecule has 0 atom stereocenters. The lowest BCUT2D eigenvalue weighted by atomic mass is 9.99. The number of aryl methyl sites for hydroxylation is 2. The second-order valence-corrected chi connectivity index (χ2v) is 8.56. The molecule has 2 aromatic heterocycles. The van der Waals surface area contributed by atoms with E-state index in [2.05, 4.69) is 9.97 Å². The van der Waals surface area contributed by atoms with E-state index in [1.807, 2.05) is 12.3 Å². The third-order valence-electron chi connectivity index (χ3n) is 3.86. The number of hydrogen-bond donors (Lipinski definition) is 0. The Morgan fingerprint density at radius 2 is 2.05 bits per heavy atom. The van der Waals surface area contributed by atoms with Crippen LogP contribution in [0.1, 0.15) is 29.5 Å². The molecule has 120 valence electrons. The van der Waals surface area contributed by atoms with Crippen molar-refractivity contribution in [2.45, 2.75) is 30.7 Å². The van der Waals surface area contributed by atoms with Crippen molar-refractivity contribution in [2.24, 2.45) is 7.05 Å². The monoisotopic (exact) mass is 360 g/mol. The van der Waals surface area contributed by atoms with Gasteiger partial charge >= 0.3 is 0 Å². The highest BCUT2D eigenvalue weighted by atomic mass is 35.5. The largest absolute Gasteiger partial charge is 0.324 e. The summed E-state index contributed by atoms with van der Waals surface area (Å²) in [5, 5.41) is 3.23. The molecule has 9 heteroatoms. The molecule has 0 radical (unpaired) electrons. The molecule has 1 aliphatic rings. The molecule has 1 saturated heterocycles. The smallest absolute Gasteiger partial charge is 0.263 e. The maximum atomic E-state index is 12.6. The van der Waals surface area contributed by atoms with E-state index >= 15 is 0 Å². The second-order valence-electron chi connectivity index (χ2n) is 5.46. The first-order valence-electron chi connectivity index (χ1n) is 6.98. The molecule has 1 aliphatic heterocycles. The van der Waals surface area contributed by atoms with Gasteiger partial charge in [-0.25, -0.2) is 18.4 Å². The lowest BCUT2D eigenvalue weighted by Crippen LogP contribution is -2.38. The van der Waals surface area contributed by atoms with E-state index in [-0.39, 0.29) is 10.2 Å². The summed E-state index contributed by atoms with van der Waals surface area (Å²) in [6, 6.07) is 0. The molecule has 0 aliphatic carbocycles. The van der Waals surface area contributed by atoms with Gasteiger partial charge in [0, 0.05) is 37.1 Å². The molecule has 0 bridgehead atoms. The SMILES string of the molecule is Cc1csc(C2CCN(S(=O)(=O)c3ncn(C)c3Cl)CC2)n1. The van der Waals surface area contributed by atoms with Gasteiger partial charge in [0.1, 0.15) is 5.15 Å². The fourth-order valence-electron chi connectivity index (χ4n) is 2.59. The number of imidazole rings is 1. The molecule has 6 nitrogen and oxygen atoms in total. The molecule has 1 fully saturated rings. The normalized spacial score (nSPS) is 18.0. The lowest BCUT2D eigenvalue weighted by Gasteiger charge is -2.29. The van der Waals surface area contributed by atoms with E-state index < -0.39 is 10.0 Å². The lowest BCUT2D eigenvalue weighted by molar-refractivity contribution is 0.318. The van der Waals surface area contributed by atoms with E-state index in [4.69, 9.17) is 11.6 Å². The van der Waals surface area contributed by atoms with Gasteiger partial charge in [-0.1, -0.05) is 11.6 Å². The van der Waals surface area contributed by atoms with E-state index in [9.17, 15) is 8.42 Å². The van der Waals surface area contributed by atoms with Crippen LogP contribution in [0.5, 0.6) is 0 Å². The summed E-state index contributed by atoms with van der Waals surface area (Å²) in [7, 11) is -1.95. The maximum Gasteiger partial charge on any atom is 0.263 e. The van der Waals surface area contributed by atoms with E-state index in [1.54, 1.807) is 18.4 Å². The van der Waals surface area contributed by atoms with Crippen LogP contribution in [-0.4, -0.2) is 40.3 Å². The Morgan fingerprint density at radius 1 is 1.36 bits per heavy atom. The Hall–Kier alpha value is -0.960. The Bertz CT molecular complexity index is 776. The molecular weight excluding hydrogens is 344 g/mol. The number of hydrogen-bond acceptors (Lipinski definition) is 5. The van der Waals surface area contributed by atoms with Crippen molar-refractivity contribution < 1.29 is 8.42 Å². The van der Waals surface area contributed by atoms with Crippen molar-refractivity contribution >= 4 is 33.0 Å². The highest BCUT2D eigenvalue weighted by molar-refractivity contribution is 7.89. The Morgan fingerprint density at radius 3 is 2.55 bits per heavy atom. The van der Waals surface area contributed by atoms with Gasteiger partial charge in [-0.2, -0.15) is 4.31 Å². The summed E-state index contributed by atoms with van der Waals surface area (Å²) in [6.07, 6.45) is 2.97. The fourth-order valence-corrected chi connectivity index (χ4v) is 5.42. The summed E-state index contributed by atoms with van der Waals surface area (Å²) >= 11 is 7.68. The topological polar surface area (TPSA) is 68.1 Å². The number of thiazole rings is 1. The van der Waals surface area contributed by atoms with Crippen molar-refractivity contribution in [1.82, 2.24) is 18.8 Å². The molecular formula is C13H17ClN4O2S2. The summed E-state index contributed by atoms with van der Waals surface area (Å²) in [6.45, 7) is 2.92. The number of aromatic nitrogens is 3. The molecule has 0 spiro atoms. The Labute approximate surface area is 138 Å². The van der Waals surface area contributed by atoms with Gasteiger partial charge in [-0.3, -0.25) is 0 Å². The summed E-state index contributed by atoms with van der Waals surface area (Å²) in [5.41, 5.74) is 1.02. The van der Waals surface area contributed by atoms with Crippen molar-refractivity contribution in [3.63, 3.8) is 0 Å². The maximum absolute atomic E-state index is 12.6. The van der Waals surface area contributed by atoms with E-state index in [0.717, 1.165) is 23.5 Å². The van der Waals surface area contributed by atoms with Gasteiger partial charge in [-0.15, -0.1) is 11.3 Å². The zero-order valence-electron chi connectivity index (χ0n) is 12.4. The molecule has 0 aromatic carbocycles. The summed E-state index contributed by atoms with van der Waals surface area (Å²) < 4.78 is 28.2. The van der Waals surface area contributed by atoms with Crippen molar-refractivity contribution in [3.8, 4) is 0 Å². The van der Waals surface area contributed by atoms with Crippen molar-refractivity contribution in [3.05, 3.63) is 27.6 Å². The van der Waals surface area contributed by atoms with Crippen LogP contribution in [0.25, 0.3) is 0 Å². The highest BCUT2D eigenvalue weighted by Crippen LogP contribution is 2.33. The molecule has 3 heterocycles. The number of rotatable bonds is 3. The minimum atomic E-state index is -3.62. The van der Waals surface area contributed by atoms with Crippen LogP contribution in [0.2, 0.25) is 5.15 Å². The molecule has 0 amide bonds. The molecule has 3 rings (SSSR count). The molecule has 0 saturated carbocycles. The van der Waals surface area contributed by atoms with Crippen LogP contribution < -0.4 is 0 Å². The number of halogens is 1. The first-order valence-corrected chi connectivity index (χ1v) is 9.68. The van der Waals surface area contributed by atoms with Gasteiger partial charge in [-0.05, 0) is 19.8 Å². The second kappa shape index (κ2) is 5.92. The van der Waals surface area contributed by atoms with Crippen LogP contribution in [0.3, 0.4) is 0 Å². The zero-order chi connectivity index (χ0) is 15.9. The van der Waals surface area contributed by atoms with Gasteiger partial charge < -0.3 is 4.57 Å². The predicted octanol–water partition coefficient (Wildman–Crippen LogP) is 2.41. The molecule has 22 heavy (non-hydrogen) atoms. The van der Waals surface area contributed by atoms with Gasteiger partial charge in [0.15, 0.2) is 0 Å². The zero-order valence-corrected chi connectivity index (χ0v) is 14.7. The third-order valence-corrected chi connectivity index (χ3v) is 7.37. The number of nitrogens with zero attached hydrogens (tertiary/aromatic N) is 4. The predicted molar refractivity (Wildman–Crippen MR) is 85.8 cm³/mol. The fraction of sp³-hybridized carbons (Fsp3) is 0.538. The minimum absolute atomic E-state index is 0.0554. The summed E-state index contributed by atoms with van der Waals surface area (Å²) in [4.78, 5) is 8.44. The number of sulfonamides is 1. The van der Waals surface area contributed by atoms with Crippen molar-refractivity contribution in [1.29, 1.82) is 0 Å². The van der Waals surface area contributed by atoms with Crippen LogP contribution in [-0.2, 0) is 17.1 Å². The van der Waals surface area contributed by atoms with Gasteiger partial charge in [0.05, 0.1) is 11.3 Å². The molecule has 2 aromatic rings. The molecule has 0 N–H and O–H groups in total. The number of piperidine rings is 1. The quantitative estimate of drug-likeness (QED) is 0.842. The van der Waals surface area contributed by atoms with E-state index in [1.165, 1.54) is 15.2 Å². The van der Waals surface area contributed by atoms with Gasteiger partial charge in [0.2, 0.25) is 5.03 Å². The minimum Gasteiger partial charge on any atom is -0.324 e. The standard InChI is InChI=1S/C13H17ClN4O2S2/c1-9-7-21-12(16-9)10-3-5-18(6-4-10)22(19,20)13-11(14)17(2)8-15-13/h7-8,10H,3-6H2,1-2H3. The average Bonchev–Trinajstić information content (AvgIpc) is 3.07. The third kappa shape index (κ3) is 2.80. The Balaban J connectivity index is 1.74. The first kappa shape index (κ1) is 15.9. The van der Waals surface area contributed by atoms with Crippen molar-refractivity contribution in [2.75, 3.05) is 13.1 Å². The molecule has 0 unspecified atom stereocenters. The van der Waals surface area contributed by atoms with E-state index in [0.29, 0.717) is 19.0 Å².